The summed E-state index contributed by atoms with van der Waals surface area (Å²) in [5.74, 6) is -0.791. The average Bonchev–Trinajstić information content (AvgIpc) is 2.55. The second-order valence-electron chi connectivity index (χ2n) is 4.51. The van der Waals surface area contributed by atoms with E-state index in [1.54, 1.807) is 0 Å². The van der Waals surface area contributed by atoms with Crippen molar-refractivity contribution in [1.29, 1.82) is 0 Å². The summed E-state index contributed by atoms with van der Waals surface area (Å²) in [6.07, 6.45) is -0.0510. The lowest BCUT2D eigenvalue weighted by atomic mass is 9.94. The zero-order valence-electron chi connectivity index (χ0n) is 10.2. The monoisotopic (exact) mass is 264 g/mol. The molecule has 0 radical (unpaired) electrons. The Morgan fingerprint density at radius 1 is 1.68 bits per heavy atom. The highest BCUT2D eigenvalue weighted by Crippen LogP contribution is 2.38. The number of allylic oxidation sites excluding steroid dienone is 1. The molecule has 1 amide bonds. The van der Waals surface area contributed by atoms with Crippen molar-refractivity contribution < 1.29 is 19.4 Å². The maximum absolute atomic E-state index is 11.8. The summed E-state index contributed by atoms with van der Waals surface area (Å²) in [6, 6.07) is 0. The summed E-state index contributed by atoms with van der Waals surface area (Å²) in [6.45, 7) is 4.97. The van der Waals surface area contributed by atoms with E-state index < -0.39 is 23.8 Å². The van der Waals surface area contributed by atoms with E-state index in [0.29, 0.717) is 0 Å². The van der Waals surface area contributed by atoms with E-state index in [9.17, 15) is 14.7 Å². The van der Waals surface area contributed by atoms with E-state index in [1.807, 2.05) is 0 Å². The maximum Gasteiger partial charge on any atom is 0.237 e. The number of hydrogen-bond donors (Lipinski definition) is 1. The predicted molar refractivity (Wildman–Crippen MR) is 63.2 cm³/mol. The van der Waals surface area contributed by atoms with Gasteiger partial charge in [0, 0.05) is 11.1 Å². The normalized spacial score (nSPS) is 34.2. The number of ketones is 1. The van der Waals surface area contributed by atoms with E-state index in [1.165, 1.54) is 19.2 Å². The Hall–Kier alpha value is -2.31. The molecule has 100 valence electrons. The molecular formula is C11H12N4O4. The van der Waals surface area contributed by atoms with E-state index in [-0.39, 0.29) is 18.0 Å². The Balaban J connectivity index is 2.41. The number of carbonyl (C=O) groups is 2. The van der Waals surface area contributed by atoms with E-state index >= 15 is 0 Å². The molecule has 0 bridgehead atoms. The fraction of sp³-hybridized carbons (Fsp3) is 0.455. The number of aliphatic hydroxyl groups excluding tert-OH is 1. The number of hydrogen-bond acceptors (Lipinski definition) is 5. The molecule has 0 aliphatic carbocycles. The van der Waals surface area contributed by atoms with Crippen molar-refractivity contribution in [2.24, 2.45) is 5.11 Å². The molecule has 2 aliphatic rings. The van der Waals surface area contributed by atoms with Crippen LogP contribution in [-0.2, 0) is 14.3 Å². The van der Waals surface area contributed by atoms with E-state index in [2.05, 4.69) is 16.6 Å². The molecule has 1 N–H and O–H groups in total. The van der Waals surface area contributed by atoms with Gasteiger partial charge in [0.25, 0.3) is 0 Å². The number of nitrogens with zero attached hydrogens (tertiary/aromatic N) is 4. The number of amides is 1. The molecule has 0 spiro atoms. The quantitative estimate of drug-likeness (QED) is 0.340. The van der Waals surface area contributed by atoms with Gasteiger partial charge in [-0.05, 0) is 18.5 Å². The first kappa shape index (κ1) is 13.1. The highest BCUT2D eigenvalue weighted by molar-refractivity contribution is 6.06. The second kappa shape index (κ2) is 4.42. The molecule has 2 aliphatic heterocycles. The second-order valence-corrected chi connectivity index (χ2v) is 4.51. The third-order valence-electron chi connectivity index (χ3n) is 3.17. The van der Waals surface area contributed by atoms with Gasteiger partial charge < -0.3 is 9.84 Å². The molecule has 1 saturated heterocycles. The van der Waals surface area contributed by atoms with Crippen LogP contribution in [0.4, 0.5) is 0 Å². The minimum Gasteiger partial charge on any atom is -0.471 e. The molecule has 3 atom stereocenters. The van der Waals surface area contributed by atoms with Gasteiger partial charge in [-0.3, -0.25) is 14.5 Å². The summed E-state index contributed by atoms with van der Waals surface area (Å²) < 4.78 is 5.32. The zero-order valence-corrected chi connectivity index (χ0v) is 10.2. The van der Waals surface area contributed by atoms with Crippen LogP contribution in [0, 0.1) is 0 Å². The number of ether oxygens (including phenoxy) is 1. The summed E-state index contributed by atoms with van der Waals surface area (Å²) >= 11 is 0. The maximum atomic E-state index is 11.8. The standard InChI is InChI=1S/C11H12N4O4/c1-6-9(18)11(2,13-14-12)10(19-6)15-4-3-7(16)5-8(15)17/h3-4,9-10,18H,1,5H2,2H3/t9-,10-,11-/m1/s1. The van der Waals surface area contributed by atoms with Gasteiger partial charge in [-0.25, -0.2) is 0 Å². The highest BCUT2D eigenvalue weighted by Gasteiger charge is 2.54. The van der Waals surface area contributed by atoms with Gasteiger partial charge in [-0.1, -0.05) is 11.7 Å². The van der Waals surface area contributed by atoms with Crippen molar-refractivity contribution in [2.45, 2.75) is 31.2 Å². The lowest BCUT2D eigenvalue weighted by Gasteiger charge is -2.34. The molecule has 0 unspecified atom stereocenters. The number of aliphatic hydroxyl groups is 1. The average molecular weight is 264 g/mol. The first-order valence-electron chi connectivity index (χ1n) is 5.52. The zero-order chi connectivity index (χ0) is 14.2. The van der Waals surface area contributed by atoms with Crippen LogP contribution < -0.4 is 0 Å². The molecule has 8 heteroatoms. The fourth-order valence-corrected chi connectivity index (χ4v) is 2.08. The number of rotatable bonds is 2. The molecular weight excluding hydrogens is 252 g/mol. The molecule has 19 heavy (non-hydrogen) atoms. The predicted octanol–water partition coefficient (Wildman–Crippen LogP) is 0.601. The molecule has 0 aromatic heterocycles. The minimum atomic E-state index is -1.40. The van der Waals surface area contributed by atoms with Gasteiger partial charge in [-0.15, -0.1) is 0 Å². The van der Waals surface area contributed by atoms with Crippen molar-refractivity contribution >= 4 is 11.7 Å². The van der Waals surface area contributed by atoms with Gasteiger partial charge >= 0.3 is 0 Å². The highest BCUT2D eigenvalue weighted by atomic mass is 16.5. The lowest BCUT2D eigenvalue weighted by Crippen LogP contribution is -2.52. The largest absolute Gasteiger partial charge is 0.471 e. The molecule has 0 aromatic rings. The molecule has 2 heterocycles. The molecule has 2 rings (SSSR count). The van der Waals surface area contributed by atoms with Crippen LogP contribution >= 0.6 is 0 Å². The van der Waals surface area contributed by atoms with Crippen LogP contribution in [0.5, 0.6) is 0 Å². The van der Waals surface area contributed by atoms with Gasteiger partial charge in [0.05, 0.1) is 6.42 Å². The Labute approximate surface area is 108 Å². The Morgan fingerprint density at radius 2 is 2.37 bits per heavy atom. The topological polar surface area (TPSA) is 116 Å². The van der Waals surface area contributed by atoms with E-state index in [0.717, 1.165) is 4.90 Å². The summed E-state index contributed by atoms with van der Waals surface area (Å²) in [7, 11) is 0. The number of carbonyl (C=O) groups excluding carboxylic acids is 2. The lowest BCUT2D eigenvalue weighted by molar-refractivity contribution is -0.142. The van der Waals surface area contributed by atoms with Crippen molar-refractivity contribution in [3.8, 4) is 0 Å². The minimum absolute atomic E-state index is 0.0120. The molecule has 1 fully saturated rings. The van der Waals surface area contributed by atoms with Crippen molar-refractivity contribution in [2.75, 3.05) is 0 Å². The number of azide groups is 1. The SMILES string of the molecule is C=C1O[C@@H](N2C=CC(=O)CC2=O)[C@](C)(N=[N+]=[N-])[C@@H]1O. The first-order chi connectivity index (χ1) is 8.90. The third kappa shape index (κ3) is 1.96. The van der Waals surface area contributed by atoms with Crippen molar-refractivity contribution in [1.82, 2.24) is 4.90 Å². The Bertz CT molecular complexity index is 537. The van der Waals surface area contributed by atoms with Gasteiger partial charge in [0.2, 0.25) is 5.91 Å². The van der Waals surface area contributed by atoms with Crippen LogP contribution in [0.2, 0.25) is 0 Å². The van der Waals surface area contributed by atoms with Gasteiger partial charge in [-0.2, -0.15) is 0 Å². The van der Waals surface area contributed by atoms with Crippen LogP contribution in [0.15, 0.2) is 29.7 Å². The van der Waals surface area contributed by atoms with Gasteiger partial charge in [0.1, 0.15) is 17.4 Å². The fourth-order valence-electron chi connectivity index (χ4n) is 2.08. The van der Waals surface area contributed by atoms with Crippen LogP contribution in [-0.4, -0.2) is 39.6 Å². The van der Waals surface area contributed by atoms with Crippen molar-refractivity contribution in [3.05, 3.63) is 35.1 Å². The van der Waals surface area contributed by atoms with Crippen LogP contribution in [0.25, 0.3) is 10.4 Å². The molecule has 0 aromatic carbocycles. The third-order valence-corrected chi connectivity index (χ3v) is 3.17. The van der Waals surface area contributed by atoms with Crippen molar-refractivity contribution in [3.63, 3.8) is 0 Å². The molecule has 0 saturated carbocycles. The summed E-state index contributed by atoms with van der Waals surface area (Å²) in [5.41, 5.74) is 7.21. The summed E-state index contributed by atoms with van der Waals surface area (Å²) in [5, 5.41) is 13.5. The van der Waals surface area contributed by atoms with Gasteiger partial charge in [0.15, 0.2) is 12.0 Å². The van der Waals surface area contributed by atoms with E-state index in [4.69, 9.17) is 10.3 Å². The smallest absolute Gasteiger partial charge is 0.237 e. The molecule has 8 nitrogen and oxygen atoms in total. The Morgan fingerprint density at radius 3 is 2.95 bits per heavy atom. The first-order valence-corrected chi connectivity index (χ1v) is 5.52. The summed E-state index contributed by atoms with van der Waals surface area (Å²) in [4.78, 5) is 26.8. The van der Waals surface area contributed by atoms with Crippen LogP contribution in [0.1, 0.15) is 13.3 Å². The Kier molecular flexibility index (Phi) is 3.05. The van der Waals surface area contributed by atoms with Crippen LogP contribution in [0.3, 0.4) is 0 Å².